The molecule has 1 aliphatic rings. The third kappa shape index (κ3) is 2.81. The molecule has 0 N–H and O–H groups in total. The molecule has 0 aromatic carbocycles. The Balaban J connectivity index is 2.24. The van der Waals surface area contributed by atoms with Gasteiger partial charge in [-0.2, -0.15) is 0 Å². The van der Waals surface area contributed by atoms with Crippen molar-refractivity contribution in [3.8, 4) is 0 Å². The van der Waals surface area contributed by atoms with E-state index in [9.17, 15) is 0 Å². The highest BCUT2D eigenvalue weighted by Gasteiger charge is 2.13. The van der Waals surface area contributed by atoms with Crippen LogP contribution in [0.4, 0.5) is 0 Å². The first-order valence-electron chi connectivity index (χ1n) is 4.68. The average Bonchev–Trinajstić information content (AvgIpc) is 2.09. The minimum absolute atomic E-state index is 1.08. The van der Waals surface area contributed by atoms with Gasteiger partial charge in [0, 0.05) is 25.9 Å². The lowest BCUT2D eigenvalue weighted by molar-refractivity contribution is 0.205. The van der Waals surface area contributed by atoms with Gasteiger partial charge in [0.25, 0.3) is 0 Å². The second-order valence-electron chi connectivity index (χ2n) is 3.18. The fraction of sp³-hybridized carbons (Fsp3) is 0.889. The summed E-state index contributed by atoms with van der Waals surface area (Å²) in [5, 5.41) is 3.97. The van der Waals surface area contributed by atoms with Gasteiger partial charge in [-0.15, -0.1) is 0 Å². The molecule has 0 saturated carbocycles. The second kappa shape index (κ2) is 5.14. The van der Waals surface area contributed by atoms with Crippen LogP contribution in [0.3, 0.4) is 0 Å². The van der Waals surface area contributed by atoms with Gasteiger partial charge < -0.3 is 9.74 Å². The Bertz CT molecular complexity index is 147. The van der Waals surface area contributed by atoms with E-state index >= 15 is 0 Å². The summed E-state index contributed by atoms with van der Waals surface area (Å²) in [7, 11) is 1.62. The fourth-order valence-electron chi connectivity index (χ4n) is 1.57. The number of nitrogens with zero attached hydrogens (tertiary/aromatic N) is 2. The molecule has 1 fully saturated rings. The predicted octanol–water partition coefficient (Wildman–Crippen LogP) is 1.49. The van der Waals surface area contributed by atoms with Gasteiger partial charge in [0.1, 0.15) is 7.11 Å². The van der Waals surface area contributed by atoms with Crippen LogP contribution in [0.1, 0.15) is 26.2 Å². The van der Waals surface area contributed by atoms with Crippen LogP contribution in [0.2, 0.25) is 0 Å². The average molecular weight is 170 g/mol. The van der Waals surface area contributed by atoms with Gasteiger partial charge in [-0.05, 0) is 13.0 Å². The topological polar surface area (TPSA) is 24.8 Å². The molecule has 12 heavy (non-hydrogen) atoms. The Morgan fingerprint density at radius 3 is 2.58 bits per heavy atom. The van der Waals surface area contributed by atoms with E-state index in [1.165, 1.54) is 18.7 Å². The van der Waals surface area contributed by atoms with E-state index in [2.05, 4.69) is 17.0 Å². The Morgan fingerprint density at radius 2 is 2.08 bits per heavy atom. The van der Waals surface area contributed by atoms with Crippen LogP contribution in [0.15, 0.2) is 5.16 Å². The van der Waals surface area contributed by atoms with Crippen molar-refractivity contribution < 1.29 is 4.84 Å². The summed E-state index contributed by atoms with van der Waals surface area (Å²) in [4.78, 5) is 7.23. The molecule has 3 heteroatoms. The number of oxime groups is 1. The highest BCUT2D eigenvalue weighted by molar-refractivity contribution is 5.84. The Labute approximate surface area is 74.4 Å². The summed E-state index contributed by atoms with van der Waals surface area (Å²) in [5.41, 5.74) is 1.21. The van der Waals surface area contributed by atoms with Gasteiger partial charge in [0.05, 0.1) is 5.71 Å². The first-order valence-corrected chi connectivity index (χ1v) is 4.68. The van der Waals surface area contributed by atoms with E-state index in [0.717, 1.165) is 25.9 Å². The maximum absolute atomic E-state index is 4.75. The number of rotatable bonds is 3. The number of likely N-dealkylation sites (tertiary alicyclic amines) is 1. The Hall–Kier alpha value is -0.570. The number of hydrogen-bond donors (Lipinski definition) is 0. The zero-order valence-corrected chi connectivity index (χ0v) is 8.05. The van der Waals surface area contributed by atoms with Crippen molar-refractivity contribution in [1.29, 1.82) is 0 Å². The largest absolute Gasteiger partial charge is 0.399 e. The number of piperidine rings is 1. The molecular weight excluding hydrogens is 152 g/mol. The van der Waals surface area contributed by atoms with E-state index in [-0.39, 0.29) is 0 Å². The first-order chi connectivity index (χ1) is 5.86. The lowest BCUT2D eigenvalue weighted by Crippen LogP contribution is -2.34. The first kappa shape index (κ1) is 9.52. The summed E-state index contributed by atoms with van der Waals surface area (Å²) in [6, 6.07) is 0. The van der Waals surface area contributed by atoms with Gasteiger partial charge in [-0.25, -0.2) is 0 Å². The zero-order chi connectivity index (χ0) is 8.81. The van der Waals surface area contributed by atoms with Crippen molar-refractivity contribution in [2.45, 2.75) is 26.2 Å². The van der Waals surface area contributed by atoms with Crippen molar-refractivity contribution in [2.24, 2.45) is 5.16 Å². The summed E-state index contributed by atoms with van der Waals surface area (Å²) < 4.78 is 0. The van der Waals surface area contributed by atoms with Crippen LogP contribution in [0, 0.1) is 0 Å². The van der Waals surface area contributed by atoms with Crippen LogP contribution in [-0.4, -0.2) is 37.4 Å². The smallest absolute Gasteiger partial charge is 0.106 e. The molecule has 0 bridgehead atoms. The minimum atomic E-state index is 1.08. The summed E-state index contributed by atoms with van der Waals surface area (Å²) in [6.07, 6.45) is 3.40. The molecule has 3 nitrogen and oxygen atoms in total. The maximum Gasteiger partial charge on any atom is 0.106 e. The maximum atomic E-state index is 4.75. The summed E-state index contributed by atoms with van der Waals surface area (Å²) >= 11 is 0. The number of hydrogen-bond acceptors (Lipinski definition) is 3. The molecule has 1 aliphatic heterocycles. The second-order valence-corrected chi connectivity index (χ2v) is 3.18. The molecule has 1 heterocycles. The van der Waals surface area contributed by atoms with Gasteiger partial charge >= 0.3 is 0 Å². The molecular formula is C9H18N2O. The van der Waals surface area contributed by atoms with E-state index in [0.29, 0.717) is 0 Å². The predicted molar refractivity (Wildman–Crippen MR) is 50.4 cm³/mol. The van der Waals surface area contributed by atoms with E-state index in [1.54, 1.807) is 7.11 Å². The summed E-state index contributed by atoms with van der Waals surface area (Å²) in [6.45, 7) is 5.74. The monoisotopic (exact) mass is 170 g/mol. The van der Waals surface area contributed by atoms with E-state index in [1.807, 2.05) is 0 Å². The molecule has 1 saturated heterocycles. The minimum Gasteiger partial charge on any atom is -0.399 e. The van der Waals surface area contributed by atoms with Crippen LogP contribution in [-0.2, 0) is 4.84 Å². The highest BCUT2D eigenvalue weighted by Crippen LogP contribution is 2.07. The molecule has 0 spiro atoms. The molecule has 0 amide bonds. The van der Waals surface area contributed by atoms with Crippen molar-refractivity contribution in [3.63, 3.8) is 0 Å². The van der Waals surface area contributed by atoms with Crippen molar-refractivity contribution in [2.75, 3.05) is 26.7 Å². The normalized spacial score (nSPS) is 19.3. The van der Waals surface area contributed by atoms with Crippen LogP contribution >= 0.6 is 0 Å². The Morgan fingerprint density at radius 1 is 1.42 bits per heavy atom. The Kier molecular flexibility index (Phi) is 4.08. The zero-order valence-electron chi connectivity index (χ0n) is 8.05. The molecule has 0 aromatic rings. The van der Waals surface area contributed by atoms with Gasteiger partial charge in [0.15, 0.2) is 0 Å². The molecule has 70 valence electrons. The van der Waals surface area contributed by atoms with E-state index < -0.39 is 0 Å². The highest BCUT2D eigenvalue weighted by atomic mass is 16.6. The van der Waals surface area contributed by atoms with Crippen molar-refractivity contribution in [1.82, 2.24) is 4.90 Å². The van der Waals surface area contributed by atoms with Gasteiger partial charge in [0.2, 0.25) is 0 Å². The molecule has 0 radical (unpaired) electrons. The van der Waals surface area contributed by atoms with E-state index in [4.69, 9.17) is 4.84 Å². The standard InChI is InChI=1S/C9H18N2O/c1-3-6-11-7-4-9(5-8-11)10-12-2/h3-8H2,1-2H3. The van der Waals surface area contributed by atoms with Crippen LogP contribution < -0.4 is 0 Å². The van der Waals surface area contributed by atoms with Gasteiger partial charge in [-0.3, -0.25) is 0 Å². The van der Waals surface area contributed by atoms with Crippen LogP contribution in [0.25, 0.3) is 0 Å². The SMILES string of the molecule is CCCN1CCC(=NOC)CC1. The lowest BCUT2D eigenvalue weighted by atomic mass is 10.1. The van der Waals surface area contributed by atoms with Gasteiger partial charge in [-0.1, -0.05) is 12.1 Å². The fourth-order valence-corrected chi connectivity index (χ4v) is 1.57. The molecule has 0 aliphatic carbocycles. The molecule has 0 unspecified atom stereocenters. The van der Waals surface area contributed by atoms with Crippen molar-refractivity contribution >= 4 is 5.71 Å². The quantitative estimate of drug-likeness (QED) is 0.599. The molecule has 0 aromatic heterocycles. The third-order valence-electron chi connectivity index (χ3n) is 2.19. The molecule has 1 rings (SSSR count). The molecule has 0 atom stereocenters. The third-order valence-corrected chi connectivity index (χ3v) is 2.19. The summed E-state index contributed by atoms with van der Waals surface area (Å²) in [5.74, 6) is 0. The van der Waals surface area contributed by atoms with Crippen LogP contribution in [0.5, 0.6) is 0 Å². The van der Waals surface area contributed by atoms with Crippen molar-refractivity contribution in [3.05, 3.63) is 0 Å². The lowest BCUT2D eigenvalue weighted by Gasteiger charge is -2.26.